The summed E-state index contributed by atoms with van der Waals surface area (Å²) >= 11 is 1.11. The van der Waals surface area contributed by atoms with E-state index in [0.717, 1.165) is 17.2 Å². The van der Waals surface area contributed by atoms with Gasteiger partial charge in [0.05, 0.1) is 23.6 Å². The van der Waals surface area contributed by atoms with Crippen LogP contribution in [0.4, 0.5) is 0 Å². The van der Waals surface area contributed by atoms with E-state index < -0.39 is 5.60 Å². The normalized spacial score (nSPS) is 13.9. The number of benzene rings is 1. The minimum absolute atomic E-state index is 0.125. The second kappa shape index (κ2) is 5.86. The van der Waals surface area contributed by atoms with E-state index >= 15 is 0 Å². The lowest BCUT2D eigenvalue weighted by atomic mass is 10.0. The topological polar surface area (TPSA) is 88.2 Å². The van der Waals surface area contributed by atoms with Gasteiger partial charge in [-0.2, -0.15) is 8.75 Å². The molecular weight excluding hydrogens is 302 g/mol. The molecule has 2 N–H and O–H groups in total. The minimum atomic E-state index is -1.08. The Morgan fingerprint density at radius 1 is 1.36 bits per heavy atom. The summed E-state index contributed by atoms with van der Waals surface area (Å²) in [7, 11) is 0. The van der Waals surface area contributed by atoms with Crippen LogP contribution in [0.15, 0.2) is 41.0 Å². The molecule has 1 atom stereocenters. The fourth-order valence-corrected chi connectivity index (χ4v) is 2.66. The van der Waals surface area contributed by atoms with Gasteiger partial charge in [-0.25, -0.2) is 0 Å². The molecule has 6 nitrogen and oxygen atoms in total. The van der Waals surface area contributed by atoms with Crippen LogP contribution in [-0.2, 0) is 6.42 Å². The predicted molar refractivity (Wildman–Crippen MR) is 82.8 cm³/mol. The molecule has 0 saturated heterocycles. The molecule has 0 aliphatic carbocycles. The standard InChI is InChI=1S/C15H15N3O3S/c1-15(20,8-11-3-2-6-21-11)9-16-14(19)10-4-5-12-13(7-10)18-22-17-12/h2-7,20H,8-9H2,1H3,(H,16,19). The van der Waals surface area contributed by atoms with E-state index in [1.165, 1.54) is 0 Å². The molecule has 0 bridgehead atoms. The van der Waals surface area contributed by atoms with Crippen molar-refractivity contribution in [2.45, 2.75) is 18.9 Å². The van der Waals surface area contributed by atoms with Gasteiger partial charge in [0, 0.05) is 18.5 Å². The first kappa shape index (κ1) is 14.7. The lowest BCUT2D eigenvalue weighted by Crippen LogP contribution is -2.42. The van der Waals surface area contributed by atoms with Crippen LogP contribution in [0, 0.1) is 0 Å². The third-order valence-corrected chi connectivity index (χ3v) is 3.84. The van der Waals surface area contributed by atoms with Crippen molar-refractivity contribution in [3.05, 3.63) is 47.9 Å². The SMILES string of the molecule is CC(O)(CNC(=O)c1ccc2nsnc2c1)Cc1ccco1. The molecule has 3 rings (SSSR count). The average molecular weight is 317 g/mol. The Hall–Kier alpha value is -2.25. The van der Waals surface area contributed by atoms with E-state index in [4.69, 9.17) is 4.42 Å². The van der Waals surface area contributed by atoms with Crippen LogP contribution in [0.3, 0.4) is 0 Å². The molecule has 1 amide bonds. The first-order valence-corrected chi connectivity index (χ1v) is 7.52. The molecule has 2 heterocycles. The Kier molecular flexibility index (Phi) is 3.91. The zero-order chi connectivity index (χ0) is 15.6. The molecule has 0 aliphatic rings. The van der Waals surface area contributed by atoms with Crippen molar-refractivity contribution < 1.29 is 14.3 Å². The largest absolute Gasteiger partial charge is 0.469 e. The lowest BCUT2D eigenvalue weighted by Gasteiger charge is -2.22. The summed E-state index contributed by atoms with van der Waals surface area (Å²) in [6.45, 7) is 1.78. The van der Waals surface area contributed by atoms with Gasteiger partial charge in [-0.15, -0.1) is 0 Å². The van der Waals surface area contributed by atoms with Crippen molar-refractivity contribution in [1.82, 2.24) is 14.1 Å². The molecule has 7 heteroatoms. The maximum atomic E-state index is 12.2. The zero-order valence-electron chi connectivity index (χ0n) is 11.9. The molecule has 0 spiro atoms. The highest BCUT2D eigenvalue weighted by molar-refractivity contribution is 7.00. The van der Waals surface area contributed by atoms with Crippen molar-refractivity contribution in [1.29, 1.82) is 0 Å². The molecule has 2 aromatic heterocycles. The number of nitrogens with zero attached hydrogens (tertiary/aromatic N) is 2. The second-order valence-corrected chi connectivity index (χ2v) is 5.93. The van der Waals surface area contributed by atoms with Gasteiger partial charge >= 0.3 is 0 Å². The first-order chi connectivity index (χ1) is 10.5. The van der Waals surface area contributed by atoms with Gasteiger partial charge in [0.1, 0.15) is 16.8 Å². The van der Waals surface area contributed by atoms with Crippen LogP contribution in [0.1, 0.15) is 23.0 Å². The van der Waals surface area contributed by atoms with E-state index in [1.54, 1.807) is 43.5 Å². The summed E-state index contributed by atoms with van der Waals surface area (Å²) in [6.07, 6.45) is 1.89. The highest BCUT2D eigenvalue weighted by Gasteiger charge is 2.23. The Balaban J connectivity index is 1.63. The molecule has 0 radical (unpaired) electrons. The van der Waals surface area contributed by atoms with E-state index in [-0.39, 0.29) is 12.5 Å². The summed E-state index contributed by atoms with van der Waals surface area (Å²) in [5.41, 5.74) is 0.875. The number of aliphatic hydroxyl groups is 1. The zero-order valence-corrected chi connectivity index (χ0v) is 12.8. The highest BCUT2D eigenvalue weighted by atomic mass is 32.1. The number of carbonyl (C=O) groups excluding carboxylic acids is 1. The van der Waals surface area contributed by atoms with Crippen LogP contribution >= 0.6 is 11.7 Å². The quantitative estimate of drug-likeness (QED) is 0.751. The van der Waals surface area contributed by atoms with Gasteiger partial charge in [0.25, 0.3) is 5.91 Å². The summed E-state index contributed by atoms with van der Waals surface area (Å²) in [4.78, 5) is 12.2. The fraction of sp³-hybridized carbons (Fsp3) is 0.267. The van der Waals surface area contributed by atoms with Crippen molar-refractivity contribution in [3.63, 3.8) is 0 Å². The summed E-state index contributed by atoms with van der Waals surface area (Å²) in [5, 5.41) is 13.1. The Bertz CT molecular complexity index is 780. The number of hydrogen-bond donors (Lipinski definition) is 2. The smallest absolute Gasteiger partial charge is 0.251 e. The predicted octanol–water partition coefficient (Wildman–Crippen LogP) is 2.01. The first-order valence-electron chi connectivity index (χ1n) is 6.79. The van der Waals surface area contributed by atoms with E-state index in [0.29, 0.717) is 23.3 Å². The van der Waals surface area contributed by atoms with Gasteiger partial charge in [-0.3, -0.25) is 4.79 Å². The van der Waals surface area contributed by atoms with Crippen LogP contribution in [0.5, 0.6) is 0 Å². The maximum Gasteiger partial charge on any atom is 0.251 e. The lowest BCUT2D eigenvalue weighted by molar-refractivity contribution is 0.0510. The molecule has 0 aliphatic heterocycles. The Labute approximate surface area is 131 Å². The Morgan fingerprint density at radius 2 is 2.18 bits per heavy atom. The number of rotatable bonds is 5. The summed E-state index contributed by atoms with van der Waals surface area (Å²) in [6, 6.07) is 8.70. The van der Waals surface area contributed by atoms with Gasteiger partial charge in [-0.1, -0.05) is 0 Å². The molecule has 0 saturated carbocycles. The van der Waals surface area contributed by atoms with Crippen molar-refractivity contribution >= 4 is 28.7 Å². The van der Waals surface area contributed by atoms with Gasteiger partial charge in [0.2, 0.25) is 0 Å². The van der Waals surface area contributed by atoms with Gasteiger partial charge in [-0.05, 0) is 37.3 Å². The third-order valence-electron chi connectivity index (χ3n) is 3.28. The molecule has 0 fully saturated rings. The monoisotopic (exact) mass is 317 g/mol. The van der Waals surface area contributed by atoms with Crippen molar-refractivity contribution in [2.24, 2.45) is 0 Å². The Morgan fingerprint density at radius 3 is 2.95 bits per heavy atom. The van der Waals surface area contributed by atoms with E-state index in [9.17, 15) is 9.90 Å². The molecule has 114 valence electrons. The van der Waals surface area contributed by atoms with Gasteiger partial charge < -0.3 is 14.8 Å². The number of hydrogen-bond acceptors (Lipinski definition) is 6. The van der Waals surface area contributed by atoms with Crippen LogP contribution in [0.25, 0.3) is 11.0 Å². The maximum absolute atomic E-state index is 12.2. The molecule has 1 aromatic carbocycles. The number of aromatic nitrogens is 2. The summed E-state index contributed by atoms with van der Waals surface area (Å²) in [5.74, 6) is 0.420. The average Bonchev–Trinajstić information content (AvgIpc) is 3.14. The number of carbonyl (C=O) groups is 1. The van der Waals surface area contributed by atoms with E-state index in [2.05, 4.69) is 14.1 Å². The third kappa shape index (κ3) is 3.32. The molecule has 3 aromatic rings. The fourth-order valence-electron chi connectivity index (χ4n) is 2.15. The second-order valence-electron chi connectivity index (χ2n) is 5.40. The molecule has 22 heavy (non-hydrogen) atoms. The minimum Gasteiger partial charge on any atom is -0.469 e. The highest BCUT2D eigenvalue weighted by Crippen LogP contribution is 2.15. The van der Waals surface area contributed by atoms with Crippen LogP contribution in [0.2, 0.25) is 0 Å². The van der Waals surface area contributed by atoms with Crippen molar-refractivity contribution in [3.8, 4) is 0 Å². The number of fused-ring (bicyclic) bond motifs is 1. The van der Waals surface area contributed by atoms with Crippen LogP contribution < -0.4 is 5.32 Å². The van der Waals surface area contributed by atoms with Crippen LogP contribution in [-0.4, -0.2) is 31.9 Å². The number of nitrogens with one attached hydrogen (secondary N) is 1. The van der Waals surface area contributed by atoms with Gasteiger partial charge in [0.15, 0.2) is 0 Å². The number of furan rings is 1. The molecular formula is C15H15N3O3S. The molecule has 1 unspecified atom stereocenters. The van der Waals surface area contributed by atoms with Crippen molar-refractivity contribution in [2.75, 3.05) is 6.54 Å². The van der Waals surface area contributed by atoms with E-state index in [1.807, 2.05) is 0 Å². The number of amides is 1. The summed E-state index contributed by atoms with van der Waals surface area (Å²) < 4.78 is 13.4.